The summed E-state index contributed by atoms with van der Waals surface area (Å²) < 4.78 is 3.27. The Kier molecular flexibility index (Phi) is 3.06. The molecule has 6 heteroatoms. The smallest absolute Gasteiger partial charge is 0.328 e. The predicted molar refractivity (Wildman–Crippen MR) is 95.6 cm³/mol. The van der Waals surface area contributed by atoms with Crippen LogP contribution in [0.25, 0.3) is 33.5 Å². The van der Waals surface area contributed by atoms with Crippen molar-refractivity contribution < 1.29 is 0 Å². The number of nitrogens with zero attached hydrogens (tertiary/aromatic N) is 3. The molecule has 6 nitrogen and oxygen atoms in total. The van der Waals surface area contributed by atoms with Crippen LogP contribution in [0.15, 0.2) is 53.3 Å². The minimum atomic E-state index is -0.0491. The zero-order valence-corrected chi connectivity index (χ0v) is 13.4. The normalized spacial score (nSPS) is 11.2. The fourth-order valence-corrected chi connectivity index (χ4v) is 3.07. The van der Waals surface area contributed by atoms with Crippen molar-refractivity contribution in [3.8, 4) is 22.5 Å². The van der Waals surface area contributed by atoms with Crippen LogP contribution in [0.2, 0.25) is 0 Å². The van der Waals surface area contributed by atoms with Crippen LogP contribution in [0.1, 0.15) is 0 Å². The fourth-order valence-electron chi connectivity index (χ4n) is 3.07. The lowest BCUT2D eigenvalue weighted by Gasteiger charge is -2.04. The molecule has 0 aliphatic carbocycles. The molecule has 0 fully saturated rings. The van der Waals surface area contributed by atoms with Crippen LogP contribution < -0.4 is 11.4 Å². The quantitative estimate of drug-likeness (QED) is 0.595. The molecule has 0 amide bonds. The van der Waals surface area contributed by atoms with E-state index in [9.17, 15) is 4.79 Å². The van der Waals surface area contributed by atoms with Gasteiger partial charge in [-0.05, 0) is 12.1 Å². The van der Waals surface area contributed by atoms with E-state index < -0.39 is 0 Å². The van der Waals surface area contributed by atoms with E-state index in [-0.39, 0.29) is 5.69 Å². The van der Waals surface area contributed by atoms with Gasteiger partial charge in [-0.15, -0.1) is 0 Å². The molecular formula is C18H17N5O. The van der Waals surface area contributed by atoms with Gasteiger partial charge in [-0.3, -0.25) is 9.13 Å². The highest BCUT2D eigenvalue weighted by Crippen LogP contribution is 2.32. The summed E-state index contributed by atoms with van der Waals surface area (Å²) in [5.41, 5.74) is 11.2. The van der Waals surface area contributed by atoms with E-state index in [1.165, 1.54) is 0 Å². The maximum atomic E-state index is 12.1. The molecule has 0 atom stereocenters. The first kappa shape index (κ1) is 14.3. The second-order valence-electron chi connectivity index (χ2n) is 5.82. The Balaban J connectivity index is 1.96. The number of nitrogens with two attached hydrogens (primary N) is 1. The number of H-pyrrole nitrogens is 1. The van der Waals surface area contributed by atoms with Crippen molar-refractivity contribution in [2.24, 2.45) is 14.1 Å². The maximum absolute atomic E-state index is 12.1. The standard InChI is InChI=1S/C18H17N5O/c1-22-13-9-8-12(10-14(13)23(2)18(22)24)16-15(20-17(19)21-16)11-6-4-3-5-7-11/h3-10H,1-2H3,(H3,19,20,21). The summed E-state index contributed by atoms with van der Waals surface area (Å²) in [6.07, 6.45) is 0. The van der Waals surface area contributed by atoms with Gasteiger partial charge >= 0.3 is 5.69 Å². The second kappa shape index (κ2) is 5.13. The number of anilines is 1. The van der Waals surface area contributed by atoms with E-state index in [4.69, 9.17) is 5.73 Å². The molecule has 0 bridgehead atoms. The molecule has 0 unspecified atom stereocenters. The number of imidazole rings is 2. The topological polar surface area (TPSA) is 81.6 Å². The minimum Gasteiger partial charge on any atom is -0.369 e. The van der Waals surface area contributed by atoms with E-state index in [2.05, 4.69) is 9.97 Å². The van der Waals surface area contributed by atoms with Crippen LogP contribution in [0.4, 0.5) is 5.95 Å². The van der Waals surface area contributed by atoms with Gasteiger partial charge in [0, 0.05) is 25.2 Å². The molecule has 120 valence electrons. The summed E-state index contributed by atoms with van der Waals surface area (Å²) in [6, 6.07) is 15.8. The second-order valence-corrected chi connectivity index (χ2v) is 5.82. The molecule has 2 aromatic heterocycles. The van der Waals surface area contributed by atoms with Crippen molar-refractivity contribution in [2.75, 3.05) is 5.73 Å². The molecule has 0 saturated heterocycles. The molecule has 0 saturated carbocycles. The summed E-state index contributed by atoms with van der Waals surface area (Å²) >= 11 is 0. The molecule has 0 aliphatic rings. The van der Waals surface area contributed by atoms with Gasteiger partial charge < -0.3 is 10.7 Å². The largest absolute Gasteiger partial charge is 0.369 e. The summed E-state index contributed by atoms with van der Waals surface area (Å²) in [5.74, 6) is 0.367. The lowest BCUT2D eigenvalue weighted by atomic mass is 10.0. The van der Waals surface area contributed by atoms with Gasteiger partial charge in [-0.25, -0.2) is 9.78 Å². The molecule has 0 aliphatic heterocycles. The Bertz CT molecular complexity index is 1100. The Morgan fingerprint density at radius 3 is 2.42 bits per heavy atom. The van der Waals surface area contributed by atoms with E-state index in [0.29, 0.717) is 5.95 Å². The lowest BCUT2D eigenvalue weighted by Crippen LogP contribution is -2.19. The van der Waals surface area contributed by atoms with Crippen LogP contribution >= 0.6 is 0 Å². The molecule has 2 heterocycles. The summed E-state index contributed by atoms with van der Waals surface area (Å²) in [7, 11) is 3.54. The number of hydrogen-bond acceptors (Lipinski definition) is 3. The van der Waals surface area contributed by atoms with E-state index in [1.807, 2.05) is 48.5 Å². The molecule has 0 spiro atoms. The molecule has 0 radical (unpaired) electrons. The summed E-state index contributed by atoms with van der Waals surface area (Å²) in [5, 5.41) is 0. The number of nitrogens with one attached hydrogen (secondary N) is 1. The third kappa shape index (κ3) is 2.04. The first-order chi connectivity index (χ1) is 11.6. The Morgan fingerprint density at radius 1 is 0.958 bits per heavy atom. The van der Waals surface area contributed by atoms with E-state index >= 15 is 0 Å². The maximum Gasteiger partial charge on any atom is 0.328 e. The monoisotopic (exact) mass is 319 g/mol. The van der Waals surface area contributed by atoms with Gasteiger partial charge in [0.2, 0.25) is 0 Å². The number of hydrogen-bond donors (Lipinski definition) is 2. The van der Waals surface area contributed by atoms with Gasteiger partial charge in [-0.1, -0.05) is 36.4 Å². The highest BCUT2D eigenvalue weighted by Gasteiger charge is 2.15. The van der Waals surface area contributed by atoms with Crippen molar-refractivity contribution in [2.45, 2.75) is 0 Å². The van der Waals surface area contributed by atoms with E-state index in [0.717, 1.165) is 33.5 Å². The highest BCUT2D eigenvalue weighted by molar-refractivity contribution is 5.86. The van der Waals surface area contributed by atoms with Crippen molar-refractivity contribution in [1.82, 2.24) is 19.1 Å². The first-order valence-electron chi connectivity index (χ1n) is 7.63. The SMILES string of the molecule is Cn1c(=O)n(C)c2cc(-c3nc(N)[nH]c3-c3ccccc3)ccc21. The van der Waals surface area contributed by atoms with Crippen LogP contribution in [-0.4, -0.2) is 19.1 Å². The molecule has 4 rings (SSSR count). The number of benzene rings is 2. The van der Waals surface area contributed by atoms with E-state index in [1.54, 1.807) is 23.2 Å². The van der Waals surface area contributed by atoms with Crippen molar-refractivity contribution in [3.63, 3.8) is 0 Å². The Labute approximate surface area is 138 Å². The van der Waals surface area contributed by atoms with Gasteiger partial charge in [-0.2, -0.15) is 0 Å². The van der Waals surface area contributed by atoms with Crippen LogP contribution in [-0.2, 0) is 14.1 Å². The number of aromatic nitrogens is 4. The van der Waals surface area contributed by atoms with Crippen LogP contribution in [0.3, 0.4) is 0 Å². The minimum absolute atomic E-state index is 0.0491. The highest BCUT2D eigenvalue weighted by atomic mass is 16.1. The number of rotatable bonds is 2. The number of nitrogen functional groups attached to an aromatic ring is 1. The fraction of sp³-hybridized carbons (Fsp3) is 0.111. The zero-order chi connectivity index (χ0) is 16.8. The predicted octanol–water partition coefficient (Wildman–Crippen LogP) is 2.52. The molecular weight excluding hydrogens is 302 g/mol. The van der Waals surface area contributed by atoms with Gasteiger partial charge in [0.1, 0.15) is 0 Å². The first-order valence-corrected chi connectivity index (χ1v) is 7.63. The molecule has 4 aromatic rings. The van der Waals surface area contributed by atoms with Gasteiger partial charge in [0.05, 0.1) is 22.4 Å². The summed E-state index contributed by atoms with van der Waals surface area (Å²) in [6.45, 7) is 0. The van der Waals surface area contributed by atoms with Gasteiger partial charge in [0.25, 0.3) is 0 Å². The van der Waals surface area contributed by atoms with Crippen LogP contribution in [0, 0.1) is 0 Å². The average molecular weight is 319 g/mol. The zero-order valence-electron chi connectivity index (χ0n) is 13.4. The van der Waals surface area contributed by atoms with Crippen LogP contribution in [0.5, 0.6) is 0 Å². The van der Waals surface area contributed by atoms with Crippen molar-refractivity contribution in [1.29, 1.82) is 0 Å². The average Bonchev–Trinajstić information content (AvgIpc) is 3.10. The lowest BCUT2D eigenvalue weighted by molar-refractivity contribution is 0.795. The number of aromatic amines is 1. The third-order valence-corrected chi connectivity index (χ3v) is 4.33. The van der Waals surface area contributed by atoms with Crippen molar-refractivity contribution in [3.05, 3.63) is 59.0 Å². The number of aryl methyl sites for hydroxylation is 2. The third-order valence-electron chi connectivity index (χ3n) is 4.33. The Morgan fingerprint density at radius 2 is 1.67 bits per heavy atom. The molecule has 2 aromatic carbocycles. The molecule has 24 heavy (non-hydrogen) atoms. The summed E-state index contributed by atoms with van der Waals surface area (Å²) in [4.78, 5) is 19.7. The Hall–Kier alpha value is -3.28. The number of fused-ring (bicyclic) bond motifs is 1. The molecule has 3 N–H and O–H groups in total. The van der Waals surface area contributed by atoms with Gasteiger partial charge in [0.15, 0.2) is 5.95 Å². The van der Waals surface area contributed by atoms with Crippen molar-refractivity contribution >= 4 is 17.0 Å².